The molecule has 2 heterocycles. The molecule has 3 rings (SSSR count). The Balaban J connectivity index is 2.39. The Morgan fingerprint density at radius 1 is 1.35 bits per heavy atom. The molecule has 6 heteroatoms. The lowest BCUT2D eigenvalue weighted by Crippen LogP contribution is -1.95. The van der Waals surface area contributed by atoms with E-state index < -0.39 is 5.24 Å². The number of benzene rings is 1. The lowest BCUT2D eigenvalue weighted by Gasteiger charge is -2.05. The second-order valence-corrected chi connectivity index (χ2v) is 4.68. The van der Waals surface area contributed by atoms with Crippen LogP contribution in [0.1, 0.15) is 10.4 Å². The van der Waals surface area contributed by atoms with Crippen LogP contribution in [-0.2, 0) is 0 Å². The van der Waals surface area contributed by atoms with Crippen LogP contribution >= 0.6 is 27.5 Å². The van der Waals surface area contributed by atoms with E-state index in [-0.39, 0.29) is 6.79 Å². The molecule has 0 aliphatic carbocycles. The first-order valence-electron chi connectivity index (χ1n) is 4.74. The predicted octanol–water partition coefficient (Wildman–Crippen LogP) is 3.11. The largest absolute Gasteiger partial charge is 0.454 e. The first-order chi connectivity index (χ1) is 8.16. The molecular weight excluding hydrogens is 309 g/mol. The van der Waals surface area contributed by atoms with Gasteiger partial charge in [-0.15, -0.1) is 0 Å². The second-order valence-electron chi connectivity index (χ2n) is 3.48. The van der Waals surface area contributed by atoms with Gasteiger partial charge in [0.15, 0.2) is 11.5 Å². The van der Waals surface area contributed by atoms with Crippen molar-refractivity contribution < 1.29 is 14.3 Å². The number of halogens is 2. The number of fused-ring (bicyclic) bond motifs is 2. The van der Waals surface area contributed by atoms with E-state index in [9.17, 15) is 4.79 Å². The average Bonchev–Trinajstić information content (AvgIpc) is 2.72. The Kier molecular flexibility index (Phi) is 2.45. The standard InChI is InChI=1S/C11H5BrClNO3/c12-6-3-14-7-2-9-8(16-4-17-9)1-5(7)10(6)11(13)15/h1-3H,4H2. The molecule has 86 valence electrons. The SMILES string of the molecule is O=C(Cl)c1c(Br)cnc2cc3c(cc12)OCO3. The molecular formula is C11H5BrClNO3. The molecule has 17 heavy (non-hydrogen) atoms. The molecule has 1 aromatic carbocycles. The molecule has 2 aromatic rings. The van der Waals surface area contributed by atoms with Crippen molar-refractivity contribution >= 4 is 43.7 Å². The summed E-state index contributed by atoms with van der Waals surface area (Å²) in [6, 6.07) is 3.44. The van der Waals surface area contributed by atoms with Crippen LogP contribution in [0.5, 0.6) is 11.5 Å². The maximum atomic E-state index is 11.4. The minimum Gasteiger partial charge on any atom is -0.454 e. The Hall–Kier alpha value is -1.33. The summed E-state index contributed by atoms with van der Waals surface area (Å²) in [5.41, 5.74) is 1.02. The van der Waals surface area contributed by atoms with E-state index in [0.29, 0.717) is 32.4 Å². The minimum absolute atomic E-state index is 0.178. The van der Waals surface area contributed by atoms with E-state index in [2.05, 4.69) is 20.9 Å². The third-order valence-corrected chi connectivity index (χ3v) is 3.30. The van der Waals surface area contributed by atoms with Crippen LogP contribution in [0.2, 0.25) is 0 Å². The van der Waals surface area contributed by atoms with Gasteiger partial charge in [-0.1, -0.05) is 0 Å². The maximum absolute atomic E-state index is 11.4. The maximum Gasteiger partial charge on any atom is 0.254 e. The van der Waals surface area contributed by atoms with E-state index in [0.717, 1.165) is 0 Å². The van der Waals surface area contributed by atoms with Gasteiger partial charge in [-0.05, 0) is 33.6 Å². The first-order valence-corrected chi connectivity index (χ1v) is 5.91. The quantitative estimate of drug-likeness (QED) is 0.759. The number of nitrogens with zero attached hydrogens (tertiary/aromatic N) is 1. The van der Waals surface area contributed by atoms with Crippen LogP contribution in [0.3, 0.4) is 0 Å². The molecule has 4 nitrogen and oxygen atoms in total. The summed E-state index contributed by atoms with van der Waals surface area (Å²) in [5, 5.41) is 0.103. The molecule has 0 fully saturated rings. The number of carbonyl (C=O) groups is 1. The van der Waals surface area contributed by atoms with Gasteiger partial charge in [0.2, 0.25) is 6.79 Å². The zero-order chi connectivity index (χ0) is 12.0. The van der Waals surface area contributed by atoms with Crippen LogP contribution in [0, 0.1) is 0 Å². The Morgan fingerprint density at radius 3 is 2.76 bits per heavy atom. The number of pyridine rings is 1. The van der Waals surface area contributed by atoms with Gasteiger partial charge >= 0.3 is 0 Å². The van der Waals surface area contributed by atoms with Gasteiger partial charge in [0.05, 0.1) is 11.1 Å². The topological polar surface area (TPSA) is 48.4 Å². The fraction of sp³-hybridized carbons (Fsp3) is 0.0909. The molecule has 0 N–H and O–H groups in total. The number of ether oxygens (including phenoxy) is 2. The lowest BCUT2D eigenvalue weighted by atomic mass is 10.1. The van der Waals surface area contributed by atoms with E-state index >= 15 is 0 Å². The molecule has 0 amide bonds. The van der Waals surface area contributed by atoms with Crippen LogP contribution in [0.4, 0.5) is 0 Å². The number of hydrogen-bond donors (Lipinski definition) is 0. The molecule has 1 aliphatic rings. The molecule has 0 saturated carbocycles. The summed E-state index contributed by atoms with van der Waals surface area (Å²) in [7, 11) is 0. The van der Waals surface area contributed by atoms with Gasteiger partial charge in [0.1, 0.15) is 0 Å². The van der Waals surface area contributed by atoms with Crippen molar-refractivity contribution in [3.05, 3.63) is 28.4 Å². The molecule has 0 bridgehead atoms. The summed E-state index contributed by atoms with van der Waals surface area (Å²) in [6.07, 6.45) is 1.54. The minimum atomic E-state index is -0.539. The van der Waals surface area contributed by atoms with Gasteiger partial charge in [0.25, 0.3) is 5.24 Å². The van der Waals surface area contributed by atoms with Crippen LogP contribution < -0.4 is 9.47 Å². The molecule has 1 aromatic heterocycles. The monoisotopic (exact) mass is 313 g/mol. The highest BCUT2D eigenvalue weighted by molar-refractivity contribution is 9.10. The third kappa shape index (κ3) is 1.66. The van der Waals surface area contributed by atoms with Crippen molar-refractivity contribution in [2.75, 3.05) is 6.79 Å². The van der Waals surface area contributed by atoms with Crippen molar-refractivity contribution in [3.8, 4) is 11.5 Å². The van der Waals surface area contributed by atoms with E-state index in [1.54, 1.807) is 18.3 Å². The van der Waals surface area contributed by atoms with Gasteiger partial charge in [-0.25, -0.2) is 0 Å². The van der Waals surface area contributed by atoms with E-state index in [4.69, 9.17) is 21.1 Å². The predicted molar refractivity (Wildman–Crippen MR) is 65.7 cm³/mol. The van der Waals surface area contributed by atoms with Crippen LogP contribution in [-0.4, -0.2) is 17.0 Å². The normalized spacial score (nSPS) is 13.1. The number of carbonyl (C=O) groups excluding carboxylic acids is 1. The number of hydrogen-bond acceptors (Lipinski definition) is 4. The zero-order valence-electron chi connectivity index (χ0n) is 8.37. The van der Waals surface area contributed by atoms with Crippen LogP contribution in [0.25, 0.3) is 10.9 Å². The highest BCUT2D eigenvalue weighted by Crippen LogP contribution is 2.38. The van der Waals surface area contributed by atoms with Crippen molar-refractivity contribution in [3.63, 3.8) is 0 Å². The summed E-state index contributed by atoms with van der Waals surface area (Å²) in [5.74, 6) is 1.22. The molecule has 0 unspecified atom stereocenters. The Bertz CT molecular complexity index is 644. The fourth-order valence-corrected chi connectivity index (χ4v) is 2.57. The van der Waals surface area contributed by atoms with Gasteiger partial charge < -0.3 is 9.47 Å². The molecule has 1 aliphatic heterocycles. The Labute approximate surface area is 110 Å². The molecule has 0 atom stereocenters. The molecule has 0 radical (unpaired) electrons. The van der Waals surface area contributed by atoms with Crippen molar-refractivity contribution in [1.29, 1.82) is 0 Å². The summed E-state index contributed by atoms with van der Waals surface area (Å²) >= 11 is 8.83. The van der Waals surface area contributed by atoms with E-state index in [1.165, 1.54) is 0 Å². The lowest BCUT2D eigenvalue weighted by molar-refractivity contribution is 0.108. The molecule has 0 saturated heterocycles. The van der Waals surface area contributed by atoms with Crippen molar-refractivity contribution in [1.82, 2.24) is 4.98 Å². The van der Waals surface area contributed by atoms with Crippen LogP contribution in [0.15, 0.2) is 22.8 Å². The highest BCUT2D eigenvalue weighted by Gasteiger charge is 2.19. The number of rotatable bonds is 1. The fourth-order valence-electron chi connectivity index (χ4n) is 1.76. The second kappa shape index (κ2) is 3.85. The zero-order valence-corrected chi connectivity index (χ0v) is 10.7. The Morgan fingerprint density at radius 2 is 2.06 bits per heavy atom. The average molecular weight is 315 g/mol. The van der Waals surface area contributed by atoms with Gasteiger partial charge in [-0.2, -0.15) is 0 Å². The molecule has 0 spiro atoms. The highest BCUT2D eigenvalue weighted by atomic mass is 79.9. The number of aromatic nitrogens is 1. The smallest absolute Gasteiger partial charge is 0.254 e. The van der Waals surface area contributed by atoms with Crippen molar-refractivity contribution in [2.45, 2.75) is 0 Å². The summed E-state index contributed by atoms with van der Waals surface area (Å²) in [4.78, 5) is 15.6. The summed E-state index contributed by atoms with van der Waals surface area (Å²) in [6.45, 7) is 0.178. The first kappa shape index (κ1) is 10.8. The summed E-state index contributed by atoms with van der Waals surface area (Å²) < 4.78 is 11.1. The van der Waals surface area contributed by atoms with Crippen molar-refractivity contribution in [2.24, 2.45) is 0 Å². The van der Waals surface area contributed by atoms with Gasteiger partial charge in [-0.3, -0.25) is 9.78 Å². The van der Waals surface area contributed by atoms with Gasteiger partial charge in [0, 0.05) is 22.1 Å². The van der Waals surface area contributed by atoms with E-state index in [1.807, 2.05) is 0 Å². The third-order valence-electron chi connectivity index (χ3n) is 2.51.